The van der Waals surface area contributed by atoms with E-state index in [0.717, 1.165) is 41.0 Å². The minimum absolute atomic E-state index is 0. The van der Waals surface area contributed by atoms with Crippen LogP contribution in [0.3, 0.4) is 0 Å². The van der Waals surface area contributed by atoms with Crippen molar-refractivity contribution in [1.82, 2.24) is 10.6 Å². The number of halogens is 1. The molecule has 1 fully saturated rings. The van der Waals surface area contributed by atoms with Gasteiger partial charge in [0.05, 0.1) is 0 Å². The number of para-hydroxylation sites is 1. The Morgan fingerprint density at radius 3 is 2.96 bits per heavy atom. The van der Waals surface area contributed by atoms with Gasteiger partial charge in [0, 0.05) is 23.7 Å². The Labute approximate surface area is 158 Å². The van der Waals surface area contributed by atoms with E-state index in [1.807, 2.05) is 18.2 Å². The molecule has 2 aromatic rings. The maximum absolute atomic E-state index is 5.81. The minimum Gasteiger partial charge on any atom is -0.459 e. The van der Waals surface area contributed by atoms with Gasteiger partial charge in [0.25, 0.3) is 0 Å². The quantitative estimate of drug-likeness (QED) is 0.415. The first-order valence-corrected chi connectivity index (χ1v) is 9.01. The average molecular weight is 445 g/mol. The normalized spacial score (nSPS) is 18.0. The topological polar surface area (TPSA) is 49.6 Å². The van der Waals surface area contributed by atoms with E-state index in [0.29, 0.717) is 6.54 Å². The molecule has 0 radical (unpaired) electrons. The fraction of sp³-hybridized carbons (Fsp3) is 0.471. The second kappa shape index (κ2) is 9.42. The van der Waals surface area contributed by atoms with E-state index < -0.39 is 0 Å². The fourth-order valence-electron chi connectivity index (χ4n) is 2.63. The van der Waals surface area contributed by atoms with Crippen LogP contribution in [0, 0.1) is 0 Å². The van der Waals surface area contributed by atoms with Crippen LogP contribution in [0.5, 0.6) is 0 Å². The van der Waals surface area contributed by atoms with Gasteiger partial charge in [-0.05, 0) is 37.7 Å². The predicted molar refractivity (Wildman–Crippen MR) is 110 cm³/mol. The van der Waals surface area contributed by atoms with Crippen molar-refractivity contribution in [3.8, 4) is 0 Å². The number of furan rings is 1. The molecule has 4 nitrogen and oxygen atoms in total. The summed E-state index contributed by atoms with van der Waals surface area (Å²) in [6, 6.07) is 10.1. The lowest BCUT2D eigenvalue weighted by Gasteiger charge is -2.14. The molecular formula is C17H24IN3OS. The van der Waals surface area contributed by atoms with Crippen molar-refractivity contribution in [3.05, 3.63) is 36.1 Å². The first-order valence-electron chi connectivity index (χ1n) is 7.96. The molecule has 1 aliphatic rings. The molecule has 23 heavy (non-hydrogen) atoms. The monoisotopic (exact) mass is 445 g/mol. The Kier molecular flexibility index (Phi) is 7.55. The van der Waals surface area contributed by atoms with Gasteiger partial charge in [-0.1, -0.05) is 18.2 Å². The van der Waals surface area contributed by atoms with Gasteiger partial charge in [-0.15, -0.1) is 24.0 Å². The first kappa shape index (κ1) is 18.4. The third-order valence-electron chi connectivity index (χ3n) is 3.73. The van der Waals surface area contributed by atoms with E-state index in [1.165, 1.54) is 18.6 Å². The van der Waals surface area contributed by atoms with Gasteiger partial charge in [-0.3, -0.25) is 0 Å². The van der Waals surface area contributed by atoms with Crippen molar-refractivity contribution >= 4 is 52.7 Å². The molecule has 0 bridgehead atoms. The lowest BCUT2D eigenvalue weighted by molar-refractivity contribution is 0.551. The van der Waals surface area contributed by atoms with Gasteiger partial charge in [0.2, 0.25) is 0 Å². The first-order chi connectivity index (χ1) is 10.8. The average Bonchev–Trinajstić information content (AvgIpc) is 3.18. The van der Waals surface area contributed by atoms with Crippen LogP contribution in [0.25, 0.3) is 11.0 Å². The lowest BCUT2D eigenvalue weighted by Crippen LogP contribution is -2.40. The van der Waals surface area contributed by atoms with Gasteiger partial charge in [0.1, 0.15) is 17.9 Å². The highest BCUT2D eigenvalue weighted by molar-refractivity contribution is 14.0. The highest BCUT2D eigenvalue weighted by atomic mass is 127. The van der Waals surface area contributed by atoms with Crippen molar-refractivity contribution in [2.75, 3.05) is 18.8 Å². The second-order valence-corrected chi connectivity index (χ2v) is 6.87. The molecule has 0 spiro atoms. The number of aliphatic imine (C=N–C) groups is 1. The Morgan fingerprint density at radius 2 is 2.22 bits per heavy atom. The van der Waals surface area contributed by atoms with Crippen LogP contribution >= 0.6 is 35.7 Å². The Balaban J connectivity index is 0.00000192. The van der Waals surface area contributed by atoms with Crippen molar-refractivity contribution < 1.29 is 4.42 Å². The number of nitrogens with zero attached hydrogens (tertiary/aromatic N) is 1. The van der Waals surface area contributed by atoms with Crippen LogP contribution in [0.15, 0.2) is 39.7 Å². The largest absolute Gasteiger partial charge is 0.459 e. The molecular weight excluding hydrogens is 421 g/mol. The number of hydrogen-bond acceptors (Lipinski definition) is 3. The van der Waals surface area contributed by atoms with Gasteiger partial charge in [0.15, 0.2) is 5.96 Å². The number of fused-ring (bicyclic) bond motifs is 1. The summed E-state index contributed by atoms with van der Waals surface area (Å²) in [5.74, 6) is 3.06. The number of guanidine groups is 1. The number of nitrogens with one attached hydrogen (secondary N) is 2. The van der Waals surface area contributed by atoms with Crippen LogP contribution in [0.2, 0.25) is 0 Å². The number of thioether (sulfide) groups is 1. The number of hydrogen-bond donors (Lipinski definition) is 2. The fourth-order valence-corrected chi connectivity index (χ4v) is 3.83. The Morgan fingerprint density at radius 1 is 1.35 bits per heavy atom. The van der Waals surface area contributed by atoms with E-state index in [1.54, 1.807) is 0 Å². The van der Waals surface area contributed by atoms with E-state index in [2.05, 4.69) is 46.4 Å². The van der Waals surface area contributed by atoms with Gasteiger partial charge < -0.3 is 15.1 Å². The minimum atomic E-state index is 0. The van der Waals surface area contributed by atoms with Gasteiger partial charge >= 0.3 is 0 Å². The molecule has 0 amide bonds. The molecule has 2 N–H and O–H groups in total. The van der Waals surface area contributed by atoms with Crippen molar-refractivity contribution in [2.24, 2.45) is 4.99 Å². The maximum Gasteiger partial charge on any atom is 0.191 e. The van der Waals surface area contributed by atoms with Crippen LogP contribution < -0.4 is 10.6 Å². The summed E-state index contributed by atoms with van der Waals surface area (Å²) in [4.78, 5) is 4.63. The Bertz CT molecular complexity index is 605. The number of benzene rings is 1. The molecule has 1 saturated heterocycles. The second-order valence-electron chi connectivity index (χ2n) is 5.46. The smallest absolute Gasteiger partial charge is 0.191 e. The zero-order chi connectivity index (χ0) is 15.2. The molecule has 1 unspecified atom stereocenters. The molecule has 2 heterocycles. The molecule has 0 aliphatic carbocycles. The highest BCUT2D eigenvalue weighted by Gasteiger charge is 2.15. The van der Waals surface area contributed by atoms with Crippen LogP contribution in [0.4, 0.5) is 0 Å². The van der Waals surface area contributed by atoms with E-state index in [-0.39, 0.29) is 24.0 Å². The highest BCUT2D eigenvalue weighted by Crippen LogP contribution is 2.25. The van der Waals surface area contributed by atoms with E-state index in [9.17, 15) is 0 Å². The molecule has 6 heteroatoms. The molecule has 126 valence electrons. The summed E-state index contributed by atoms with van der Waals surface area (Å²) in [6.07, 6.45) is 2.64. The van der Waals surface area contributed by atoms with Gasteiger partial charge in [-0.2, -0.15) is 11.8 Å². The number of rotatable bonds is 5. The van der Waals surface area contributed by atoms with Crippen LogP contribution in [-0.2, 0) is 6.54 Å². The standard InChI is InChI=1S/C17H23N3OS.HI/c1-2-18-17(20-12-15-7-5-9-22-15)19-11-14-10-13-6-3-4-8-16(13)21-14;/h3-4,6,8,10,15H,2,5,7,9,11-12H2,1H3,(H2,18,19,20);1H. The van der Waals surface area contributed by atoms with Crippen LogP contribution in [0.1, 0.15) is 25.5 Å². The molecule has 1 aromatic carbocycles. The summed E-state index contributed by atoms with van der Waals surface area (Å²) < 4.78 is 5.81. The summed E-state index contributed by atoms with van der Waals surface area (Å²) in [7, 11) is 0. The van der Waals surface area contributed by atoms with Crippen molar-refractivity contribution in [3.63, 3.8) is 0 Å². The van der Waals surface area contributed by atoms with Crippen molar-refractivity contribution in [1.29, 1.82) is 0 Å². The van der Waals surface area contributed by atoms with E-state index in [4.69, 9.17) is 4.42 Å². The summed E-state index contributed by atoms with van der Waals surface area (Å²) in [5.41, 5.74) is 0.924. The molecule has 1 atom stereocenters. The zero-order valence-electron chi connectivity index (χ0n) is 13.4. The van der Waals surface area contributed by atoms with E-state index >= 15 is 0 Å². The summed E-state index contributed by atoms with van der Waals surface area (Å²) >= 11 is 2.06. The Hall–Kier alpha value is -0.890. The van der Waals surface area contributed by atoms with Crippen LogP contribution in [-0.4, -0.2) is 30.1 Å². The predicted octanol–water partition coefficient (Wildman–Crippen LogP) is 4.00. The summed E-state index contributed by atoms with van der Waals surface area (Å²) in [5, 5.41) is 8.59. The molecule has 1 aliphatic heterocycles. The van der Waals surface area contributed by atoms with Crippen molar-refractivity contribution in [2.45, 2.75) is 31.6 Å². The third kappa shape index (κ3) is 5.31. The lowest BCUT2D eigenvalue weighted by atomic mass is 10.2. The molecule has 1 aromatic heterocycles. The van der Waals surface area contributed by atoms with Gasteiger partial charge in [-0.25, -0.2) is 4.99 Å². The summed E-state index contributed by atoms with van der Waals surface area (Å²) in [6.45, 7) is 4.49. The molecule has 0 saturated carbocycles. The molecule has 3 rings (SSSR count). The maximum atomic E-state index is 5.81. The third-order valence-corrected chi connectivity index (χ3v) is 5.13. The zero-order valence-corrected chi connectivity index (χ0v) is 16.5. The SMILES string of the molecule is CCNC(=NCc1cc2ccccc2o1)NCC1CCCS1.I.